The highest BCUT2D eigenvalue weighted by Gasteiger charge is 2.12. The number of hydrogen-bond acceptors (Lipinski definition) is 3. The van der Waals surface area contributed by atoms with Gasteiger partial charge in [-0.2, -0.15) is 0 Å². The molecule has 0 spiro atoms. The quantitative estimate of drug-likeness (QED) is 0.675. The average molecular weight is 345 g/mol. The van der Waals surface area contributed by atoms with Crippen LogP contribution in [0.25, 0.3) is 11.1 Å². The first-order valence-corrected chi connectivity index (χ1v) is 8.24. The van der Waals surface area contributed by atoms with Crippen LogP contribution in [-0.4, -0.2) is 18.8 Å². The third-order valence-corrected chi connectivity index (χ3v) is 4.07. The molecule has 0 heterocycles. The van der Waals surface area contributed by atoms with E-state index >= 15 is 0 Å². The van der Waals surface area contributed by atoms with Crippen LogP contribution in [0.15, 0.2) is 72.8 Å². The van der Waals surface area contributed by atoms with Crippen LogP contribution in [0.3, 0.4) is 0 Å². The van der Waals surface area contributed by atoms with Crippen molar-refractivity contribution in [1.29, 1.82) is 0 Å². The molecular formula is C22H19NO3. The fourth-order valence-electron chi connectivity index (χ4n) is 2.71. The van der Waals surface area contributed by atoms with Gasteiger partial charge in [0, 0.05) is 22.4 Å². The minimum atomic E-state index is -0.245. The van der Waals surface area contributed by atoms with Crippen molar-refractivity contribution in [3.05, 3.63) is 83.9 Å². The number of benzene rings is 3. The molecule has 3 aromatic rings. The monoisotopic (exact) mass is 345 g/mol. The summed E-state index contributed by atoms with van der Waals surface area (Å²) >= 11 is 0. The summed E-state index contributed by atoms with van der Waals surface area (Å²) in [7, 11) is 1.61. The molecule has 26 heavy (non-hydrogen) atoms. The summed E-state index contributed by atoms with van der Waals surface area (Å²) in [5.74, 6) is 0.411. The number of carbonyl (C=O) groups is 2. The Morgan fingerprint density at radius 3 is 2.31 bits per heavy atom. The molecule has 0 bridgehead atoms. The molecule has 130 valence electrons. The zero-order valence-electron chi connectivity index (χ0n) is 14.7. The van der Waals surface area contributed by atoms with Gasteiger partial charge in [0.2, 0.25) is 0 Å². The Morgan fingerprint density at radius 1 is 0.846 bits per heavy atom. The largest absolute Gasteiger partial charge is 0.496 e. The highest BCUT2D eigenvalue weighted by atomic mass is 16.5. The van der Waals surface area contributed by atoms with E-state index in [1.54, 1.807) is 49.6 Å². The maximum Gasteiger partial charge on any atom is 0.255 e. The van der Waals surface area contributed by atoms with E-state index in [9.17, 15) is 9.59 Å². The molecule has 0 saturated heterocycles. The van der Waals surface area contributed by atoms with Gasteiger partial charge in [0.1, 0.15) is 5.75 Å². The van der Waals surface area contributed by atoms with Crippen LogP contribution in [0.1, 0.15) is 27.6 Å². The van der Waals surface area contributed by atoms with Gasteiger partial charge >= 0.3 is 0 Å². The van der Waals surface area contributed by atoms with Crippen LogP contribution in [0, 0.1) is 0 Å². The van der Waals surface area contributed by atoms with Crippen molar-refractivity contribution in [3.63, 3.8) is 0 Å². The molecular weight excluding hydrogens is 326 g/mol. The van der Waals surface area contributed by atoms with Crippen LogP contribution in [0.2, 0.25) is 0 Å². The predicted molar refractivity (Wildman–Crippen MR) is 103 cm³/mol. The van der Waals surface area contributed by atoms with Crippen molar-refractivity contribution in [1.82, 2.24) is 0 Å². The molecule has 0 fully saturated rings. The van der Waals surface area contributed by atoms with Gasteiger partial charge < -0.3 is 10.1 Å². The van der Waals surface area contributed by atoms with E-state index in [1.165, 1.54) is 6.92 Å². The molecule has 1 amide bonds. The van der Waals surface area contributed by atoms with Crippen LogP contribution < -0.4 is 10.1 Å². The van der Waals surface area contributed by atoms with Crippen molar-refractivity contribution < 1.29 is 14.3 Å². The first-order chi connectivity index (χ1) is 12.6. The highest BCUT2D eigenvalue weighted by molar-refractivity contribution is 6.06. The Labute approximate surface area is 152 Å². The lowest BCUT2D eigenvalue weighted by Crippen LogP contribution is -2.12. The number of amides is 1. The molecule has 0 aliphatic carbocycles. The van der Waals surface area contributed by atoms with E-state index in [-0.39, 0.29) is 11.7 Å². The van der Waals surface area contributed by atoms with Crippen molar-refractivity contribution >= 4 is 17.4 Å². The zero-order chi connectivity index (χ0) is 18.5. The molecule has 4 nitrogen and oxygen atoms in total. The molecule has 0 unspecified atom stereocenters. The van der Waals surface area contributed by atoms with Crippen molar-refractivity contribution in [2.75, 3.05) is 12.4 Å². The van der Waals surface area contributed by atoms with Crippen molar-refractivity contribution in [3.8, 4) is 16.9 Å². The van der Waals surface area contributed by atoms with Crippen LogP contribution >= 0.6 is 0 Å². The van der Waals surface area contributed by atoms with Gasteiger partial charge in [-0.15, -0.1) is 0 Å². The SMILES string of the molecule is COc1ccc(C(=O)Nc2cccc(C(C)=O)c2)cc1-c1ccccc1. The third kappa shape index (κ3) is 3.81. The lowest BCUT2D eigenvalue weighted by Gasteiger charge is -2.12. The molecule has 0 aromatic heterocycles. The van der Waals surface area contributed by atoms with Gasteiger partial charge in [0.05, 0.1) is 7.11 Å². The van der Waals surface area contributed by atoms with Gasteiger partial charge in [0.15, 0.2) is 5.78 Å². The zero-order valence-corrected chi connectivity index (χ0v) is 14.7. The van der Waals surface area contributed by atoms with Crippen LogP contribution in [-0.2, 0) is 0 Å². The summed E-state index contributed by atoms with van der Waals surface area (Å²) in [5, 5.41) is 2.84. The second-order valence-corrected chi connectivity index (χ2v) is 5.87. The fraction of sp³-hybridized carbons (Fsp3) is 0.0909. The maximum atomic E-state index is 12.6. The van der Waals surface area contributed by atoms with E-state index in [0.717, 1.165) is 11.1 Å². The Balaban J connectivity index is 1.91. The Kier molecular flexibility index (Phi) is 5.13. The van der Waals surface area contributed by atoms with Crippen LogP contribution in [0.4, 0.5) is 5.69 Å². The number of methoxy groups -OCH3 is 1. The van der Waals surface area contributed by atoms with E-state index in [1.807, 2.05) is 30.3 Å². The minimum absolute atomic E-state index is 0.0445. The number of ketones is 1. The topological polar surface area (TPSA) is 55.4 Å². The third-order valence-electron chi connectivity index (χ3n) is 4.07. The molecule has 0 aliphatic rings. The molecule has 3 rings (SSSR count). The normalized spacial score (nSPS) is 10.2. The molecule has 0 saturated carbocycles. The fourth-order valence-corrected chi connectivity index (χ4v) is 2.71. The summed E-state index contributed by atoms with van der Waals surface area (Å²) in [4.78, 5) is 24.1. The first-order valence-electron chi connectivity index (χ1n) is 8.24. The van der Waals surface area contributed by atoms with E-state index in [4.69, 9.17) is 4.74 Å². The number of hydrogen-bond donors (Lipinski definition) is 1. The Bertz CT molecular complexity index is 949. The number of nitrogens with one attached hydrogen (secondary N) is 1. The van der Waals surface area contributed by atoms with Gasteiger partial charge in [-0.25, -0.2) is 0 Å². The molecule has 4 heteroatoms. The van der Waals surface area contributed by atoms with Gasteiger partial charge in [-0.05, 0) is 42.8 Å². The van der Waals surface area contributed by atoms with Gasteiger partial charge in [-0.1, -0.05) is 42.5 Å². The summed E-state index contributed by atoms with van der Waals surface area (Å²) in [5.41, 5.74) is 3.47. The van der Waals surface area contributed by atoms with Gasteiger partial charge in [0.25, 0.3) is 5.91 Å². The highest BCUT2D eigenvalue weighted by Crippen LogP contribution is 2.31. The predicted octanol–water partition coefficient (Wildman–Crippen LogP) is 4.82. The minimum Gasteiger partial charge on any atom is -0.496 e. The van der Waals surface area contributed by atoms with Crippen LogP contribution in [0.5, 0.6) is 5.75 Å². The smallest absolute Gasteiger partial charge is 0.255 e. The lowest BCUT2D eigenvalue weighted by atomic mass is 10.0. The van der Waals surface area contributed by atoms with E-state index in [0.29, 0.717) is 22.6 Å². The number of ether oxygens (including phenoxy) is 1. The maximum absolute atomic E-state index is 12.6. The number of carbonyl (C=O) groups excluding carboxylic acids is 2. The molecule has 0 atom stereocenters. The number of anilines is 1. The Hall–Kier alpha value is -3.40. The second-order valence-electron chi connectivity index (χ2n) is 5.87. The van der Waals surface area contributed by atoms with E-state index < -0.39 is 0 Å². The van der Waals surface area contributed by atoms with Gasteiger partial charge in [-0.3, -0.25) is 9.59 Å². The molecule has 0 radical (unpaired) electrons. The van der Waals surface area contributed by atoms with E-state index in [2.05, 4.69) is 5.32 Å². The summed E-state index contributed by atoms with van der Waals surface area (Å²) in [6.45, 7) is 1.50. The molecule has 3 aromatic carbocycles. The average Bonchev–Trinajstić information content (AvgIpc) is 2.68. The molecule has 1 N–H and O–H groups in total. The standard InChI is InChI=1S/C22H19NO3/c1-15(24)17-9-6-10-19(13-17)23-22(25)18-11-12-21(26-2)20(14-18)16-7-4-3-5-8-16/h3-14H,1-2H3,(H,23,25). The Morgan fingerprint density at radius 2 is 1.62 bits per heavy atom. The van der Waals surface area contributed by atoms with Crippen molar-refractivity contribution in [2.45, 2.75) is 6.92 Å². The first kappa shape index (κ1) is 17.4. The summed E-state index contributed by atoms with van der Waals surface area (Å²) < 4.78 is 5.43. The lowest BCUT2D eigenvalue weighted by molar-refractivity contribution is 0.101. The van der Waals surface area contributed by atoms with Crippen molar-refractivity contribution in [2.24, 2.45) is 0 Å². The number of rotatable bonds is 5. The molecule has 0 aliphatic heterocycles. The summed E-state index contributed by atoms with van der Waals surface area (Å²) in [6.07, 6.45) is 0. The second kappa shape index (κ2) is 7.66. The number of Topliss-reactive ketones (excluding diaryl/α,β-unsaturated/α-hetero) is 1. The summed E-state index contributed by atoms with van der Waals surface area (Å²) in [6, 6.07) is 21.9.